The van der Waals surface area contributed by atoms with E-state index in [1.165, 1.54) is 0 Å². The molecule has 6 nitrogen and oxygen atoms in total. The van der Waals surface area contributed by atoms with Crippen molar-refractivity contribution >= 4 is 5.97 Å². The maximum Gasteiger partial charge on any atom is 0.336 e. The second-order valence-corrected chi connectivity index (χ2v) is 6.59. The minimum Gasteiger partial charge on any atom is -0.497 e. The lowest BCUT2D eigenvalue weighted by Gasteiger charge is -2.26. The molecule has 4 rings (SSSR count). The lowest BCUT2D eigenvalue weighted by atomic mass is 10.00. The first-order chi connectivity index (χ1) is 13.2. The molecule has 0 saturated heterocycles. The number of nitrogens with zero attached hydrogens (tertiary/aromatic N) is 2. The summed E-state index contributed by atoms with van der Waals surface area (Å²) in [5, 5.41) is 13.7. The SMILES string of the molecule is COc1cccc(-c2noc3c2CN(Cc2ccccc2C(=O)O)CC3)c1. The van der Waals surface area contributed by atoms with E-state index >= 15 is 0 Å². The second-order valence-electron chi connectivity index (χ2n) is 6.59. The number of aromatic carboxylic acids is 1. The van der Waals surface area contributed by atoms with E-state index in [-0.39, 0.29) is 0 Å². The van der Waals surface area contributed by atoms with Gasteiger partial charge in [0.15, 0.2) is 0 Å². The normalized spacial score (nSPS) is 14.0. The van der Waals surface area contributed by atoms with Crippen LogP contribution in [0.4, 0.5) is 0 Å². The van der Waals surface area contributed by atoms with E-state index in [9.17, 15) is 9.90 Å². The highest BCUT2D eigenvalue weighted by atomic mass is 16.5. The van der Waals surface area contributed by atoms with Crippen molar-refractivity contribution in [1.29, 1.82) is 0 Å². The Morgan fingerprint density at radius 1 is 1.26 bits per heavy atom. The number of aromatic nitrogens is 1. The fraction of sp³-hybridized carbons (Fsp3) is 0.238. The number of hydrogen-bond donors (Lipinski definition) is 1. The summed E-state index contributed by atoms with van der Waals surface area (Å²) in [6.07, 6.45) is 0.752. The van der Waals surface area contributed by atoms with Gasteiger partial charge in [0.1, 0.15) is 17.2 Å². The van der Waals surface area contributed by atoms with E-state index in [1.54, 1.807) is 19.2 Å². The van der Waals surface area contributed by atoms with Gasteiger partial charge in [0, 0.05) is 37.2 Å². The fourth-order valence-electron chi connectivity index (χ4n) is 3.50. The van der Waals surface area contributed by atoms with Crippen LogP contribution in [0.15, 0.2) is 53.1 Å². The van der Waals surface area contributed by atoms with Gasteiger partial charge in [-0.2, -0.15) is 0 Å². The second kappa shape index (κ2) is 7.25. The standard InChI is InChI=1S/C21H20N2O4/c1-26-16-7-4-6-14(11-16)20-18-13-23(10-9-19(18)27-22-20)12-15-5-2-3-8-17(15)21(24)25/h2-8,11H,9-10,12-13H2,1H3,(H,24,25). The molecular formula is C21H20N2O4. The lowest BCUT2D eigenvalue weighted by Crippen LogP contribution is -2.30. The molecule has 0 fully saturated rings. The Hall–Kier alpha value is -3.12. The monoisotopic (exact) mass is 364 g/mol. The van der Waals surface area contributed by atoms with Crippen LogP contribution in [0.25, 0.3) is 11.3 Å². The van der Waals surface area contributed by atoms with Crippen LogP contribution in [0.5, 0.6) is 5.75 Å². The summed E-state index contributed by atoms with van der Waals surface area (Å²) >= 11 is 0. The van der Waals surface area contributed by atoms with E-state index in [4.69, 9.17) is 9.26 Å². The van der Waals surface area contributed by atoms with Crippen molar-refractivity contribution < 1.29 is 19.2 Å². The molecule has 0 spiro atoms. The summed E-state index contributed by atoms with van der Waals surface area (Å²) in [6, 6.07) is 14.9. The van der Waals surface area contributed by atoms with Crippen molar-refractivity contribution in [3.8, 4) is 17.0 Å². The van der Waals surface area contributed by atoms with Gasteiger partial charge in [-0.25, -0.2) is 4.79 Å². The van der Waals surface area contributed by atoms with Crippen molar-refractivity contribution in [3.05, 3.63) is 71.0 Å². The first kappa shape index (κ1) is 17.3. The Kier molecular flexibility index (Phi) is 4.64. The van der Waals surface area contributed by atoms with Crippen molar-refractivity contribution in [3.63, 3.8) is 0 Å². The minimum absolute atomic E-state index is 0.349. The number of rotatable bonds is 5. The Labute approximate surface area is 157 Å². The maximum absolute atomic E-state index is 11.5. The van der Waals surface area contributed by atoms with Crippen LogP contribution in [-0.2, 0) is 19.5 Å². The molecule has 2 heterocycles. The third-order valence-corrected chi connectivity index (χ3v) is 4.89. The van der Waals surface area contributed by atoms with Crippen LogP contribution in [0.3, 0.4) is 0 Å². The van der Waals surface area contributed by atoms with Gasteiger partial charge in [-0.1, -0.05) is 35.5 Å². The molecule has 0 bridgehead atoms. The van der Waals surface area contributed by atoms with Crippen LogP contribution >= 0.6 is 0 Å². The van der Waals surface area contributed by atoms with Gasteiger partial charge in [0.25, 0.3) is 0 Å². The number of hydrogen-bond acceptors (Lipinski definition) is 5. The van der Waals surface area contributed by atoms with E-state index in [2.05, 4.69) is 10.1 Å². The van der Waals surface area contributed by atoms with Gasteiger partial charge >= 0.3 is 5.97 Å². The molecule has 0 atom stereocenters. The van der Waals surface area contributed by atoms with Gasteiger partial charge in [-0.05, 0) is 23.8 Å². The maximum atomic E-state index is 11.5. The minimum atomic E-state index is -0.898. The predicted octanol–water partition coefficient (Wildman–Crippen LogP) is 3.61. The predicted molar refractivity (Wildman–Crippen MR) is 99.7 cm³/mol. The largest absolute Gasteiger partial charge is 0.497 e. The highest BCUT2D eigenvalue weighted by Crippen LogP contribution is 2.32. The molecule has 1 aliphatic rings. The van der Waals surface area contributed by atoms with E-state index in [0.29, 0.717) is 18.7 Å². The number of carboxylic acid groups (broad SMARTS) is 1. The first-order valence-corrected chi connectivity index (χ1v) is 8.81. The molecule has 0 saturated carbocycles. The van der Waals surface area contributed by atoms with Gasteiger partial charge in [-0.15, -0.1) is 0 Å². The van der Waals surface area contributed by atoms with Crippen LogP contribution in [0, 0.1) is 0 Å². The number of fused-ring (bicyclic) bond motifs is 1. The average molecular weight is 364 g/mol. The lowest BCUT2D eigenvalue weighted by molar-refractivity contribution is 0.0694. The molecule has 0 aliphatic carbocycles. The van der Waals surface area contributed by atoms with E-state index in [0.717, 1.165) is 46.9 Å². The molecule has 6 heteroatoms. The molecule has 3 aromatic rings. The molecular weight excluding hydrogens is 344 g/mol. The third kappa shape index (κ3) is 3.44. The quantitative estimate of drug-likeness (QED) is 0.745. The summed E-state index contributed by atoms with van der Waals surface area (Å²) in [6.45, 7) is 2.04. The molecule has 1 aromatic heterocycles. The van der Waals surface area contributed by atoms with Crippen LogP contribution < -0.4 is 4.74 Å². The number of carboxylic acids is 1. The number of carbonyl (C=O) groups is 1. The molecule has 138 valence electrons. The van der Waals surface area contributed by atoms with Gasteiger partial charge in [0.2, 0.25) is 0 Å². The number of ether oxygens (including phenoxy) is 1. The van der Waals surface area contributed by atoms with Gasteiger partial charge in [0.05, 0.1) is 12.7 Å². The zero-order valence-electron chi connectivity index (χ0n) is 15.0. The smallest absolute Gasteiger partial charge is 0.336 e. The summed E-state index contributed by atoms with van der Waals surface area (Å²) in [5.41, 5.74) is 3.99. The molecule has 1 aliphatic heterocycles. The molecule has 1 N–H and O–H groups in total. The fourth-order valence-corrected chi connectivity index (χ4v) is 3.50. The zero-order valence-corrected chi connectivity index (χ0v) is 15.0. The highest BCUT2D eigenvalue weighted by molar-refractivity contribution is 5.89. The first-order valence-electron chi connectivity index (χ1n) is 8.81. The Morgan fingerprint density at radius 3 is 2.93 bits per heavy atom. The summed E-state index contributed by atoms with van der Waals surface area (Å²) in [4.78, 5) is 13.7. The van der Waals surface area contributed by atoms with Crippen molar-refractivity contribution in [2.45, 2.75) is 19.5 Å². The number of methoxy groups -OCH3 is 1. The van der Waals surface area contributed by atoms with Crippen molar-refractivity contribution in [2.24, 2.45) is 0 Å². The van der Waals surface area contributed by atoms with E-state index in [1.807, 2.05) is 36.4 Å². The van der Waals surface area contributed by atoms with Crippen molar-refractivity contribution in [2.75, 3.05) is 13.7 Å². The molecule has 0 radical (unpaired) electrons. The van der Waals surface area contributed by atoms with Crippen LogP contribution in [-0.4, -0.2) is 34.8 Å². The topological polar surface area (TPSA) is 75.8 Å². The molecule has 2 aromatic carbocycles. The summed E-state index contributed by atoms with van der Waals surface area (Å²) < 4.78 is 10.9. The van der Waals surface area contributed by atoms with Crippen LogP contribution in [0.2, 0.25) is 0 Å². The third-order valence-electron chi connectivity index (χ3n) is 4.89. The highest BCUT2D eigenvalue weighted by Gasteiger charge is 2.26. The Bertz CT molecular complexity index is 980. The summed E-state index contributed by atoms with van der Waals surface area (Å²) in [7, 11) is 1.64. The van der Waals surface area contributed by atoms with E-state index < -0.39 is 5.97 Å². The Balaban J connectivity index is 1.60. The van der Waals surface area contributed by atoms with Crippen LogP contribution in [0.1, 0.15) is 27.2 Å². The van der Waals surface area contributed by atoms with Gasteiger partial charge < -0.3 is 14.4 Å². The Morgan fingerprint density at radius 2 is 2.11 bits per heavy atom. The van der Waals surface area contributed by atoms with Gasteiger partial charge in [-0.3, -0.25) is 4.90 Å². The average Bonchev–Trinajstić information content (AvgIpc) is 3.11. The summed E-state index contributed by atoms with van der Waals surface area (Å²) in [5.74, 6) is 0.772. The molecule has 0 unspecified atom stereocenters. The van der Waals surface area contributed by atoms with Crippen molar-refractivity contribution in [1.82, 2.24) is 10.1 Å². The zero-order chi connectivity index (χ0) is 18.8. The molecule has 0 amide bonds. The molecule has 27 heavy (non-hydrogen) atoms. The number of benzene rings is 2.